The van der Waals surface area contributed by atoms with E-state index in [9.17, 15) is 23.1 Å². The van der Waals surface area contributed by atoms with Crippen LogP contribution in [0.3, 0.4) is 0 Å². The van der Waals surface area contributed by atoms with Crippen molar-refractivity contribution in [2.45, 2.75) is 25.9 Å². The van der Waals surface area contributed by atoms with E-state index in [4.69, 9.17) is 0 Å². The van der Waals surface area contributed by atoms with Gasteiger partial charge in [-0.15, -0.1) is 0 Å². The molecule has 6 heteroatoms. The van der Waals surface area contributed by atoms with Gasteiger partial charge in [0.1, 0.15) is 0 Å². The van der Waals surface area contributed by atoms with Crippen molar-refractivity contribution in [3.05, 3.63) is 70.5 Å². The van der Waals surface area contributed by atoms with Gasteiger partial charge in [-0.1, -0.05) is 24.3 Å². The van der Waals surface area contributed by atoms with Gasteiger partial charge in [0.05, 0.1) is 13.0 Å². The Morgan fingerprint density at radius 2 is 1.77 bits per heavy atom. The standard InChI is InChI=1S/C20H20F3NO2/c21-17-8-16(9-18(22)20(17)23)10-19(26)24-5-4-14(11-24)6-13-2-1-3-15(7-13)12-25/h1-3,7-9,14,25H,4-6,10-12H2/t14-/m1/s1. The highest BCUT2D eigenvalue weighted by Crippen LogP contribution is 2.23. The summed E-state index contributed by atoms with van der Waals surface area (Å²) in [7, 11) is 0. The molecule has 1 aliphatic rings. The van der Waals surface area contributed by atoms with Gasteiger partial charge in [-0.25, -0.2) is 13.2 Å². The molecule has 1 amide bonds. The van der Waals surface area contributed by atoms with E-state index in [0.717, 1.165) is 36.1 Å². The second-order valence-corrected chi connectivity index (χ2v) is 6.73. The van der Waals surface area contributed by atoms with E-state index in [1.54, 1.807) is 4.90 Å². The average Bonchev–Trinajstić information content (AvgIpc) is 3.08. The molecule has 138 valence electrons. The molecule has 0 unspecified atom stereocenters. The molecule has 0 aliphatic carbocycles. The predicted octanol–water partition coefficient (Wildman–Crippen LogP) is 3.23. The van der Waals surface area contributed by atoms with Crippen LogP contribution in [0.4, 0.5) is 13.2 Å². The fraction of sp³-hybridized carbons (Fsp3) is 0.350. The molecule has 26 heavy (non-hydrogen) atoms. The first-order valence-corrected chi connectivity index (χ1v) is 8.56. The minimum atomic E-state index is -1.52. The molecule has 1 aliphatic heterocycles. The van der Waals surface area contributed by atoms with Crippen LogP contribution in [0.25, 0.3) is 0 Å². The third kappa shape index (κ3) is 4.25. The van der Waals surface area contributed by atoms with E-state index in [0.29, 0.717) is 19.0 Å². The quantitative estimate of drug-likeness (QED) is 0.829. The molecule has 0 bridgehead atoms. The van der Waals surface area contributed by atoms with Gasteiger partial charge < -0.3 is 10.0 Å². The number of aliphatic hydroxyl groups is 1. The van der Waals surface area contributed by atoms with E-state index in [2.05, 4.69) is 0 Å². The second-order valence-electron chi connectivity index (χ2n) is 6.73. The molecule has 0 saturated carbocycles. The Morgan fingerprint density at radius 1 is 1.08 bits per heavy atom. The van der Waals surface area contributed by atoms with Gasteiger partial charge in [0.15, 0.2) is 17.5 Å². The van der Waals surface area contributed by atoms with E-state index >= 15 is 0 Å². The van der Waals surface area contributed by atoms with E-state index < -0.39 is 17.5 Å². The summed E-state index contributed by atoms with van der Waals surface area (Å²) < 4.78 is 39.6. The Bertz CT molecular complexity index is 786. The van der Waals surface area contributed by atoms with Gasteiger partial charge >= 0.3 is 0 Å². The summed E-state index contributed by atoms with van der Waals surface area (Å²) in [5.41, 5.74) is 2.10. The first-order valence-electron chi connectivity index (χ1n) is 8.56. The van der Waals surface area contributed by atoms with Crippen LogP contribution in [0.2, 0.25) is 0 Å². The zero-order valence-corrected chi connectivity index (χ0v) is 14.2. The lowest BCUT2D eigenvalue weighted by Crippen LogP contribution is -2.30. The molecule has 2 aromatic rings. The normalized spacial score (nSPS) is 16.9. The molecule has 1 heterocycles. The Labute approximate surface area is 150 Å². The summed E-state index contributed by atoms with van der Waals surface area (Å²) in [5, 5.41) is 9.20. The van der Waals surface area contributed by atoms with Crippen LogP contribution in [0.5, 0.6) is 0 Å². The lowest BCUT2D eigenvalue weighted by molar-refractivity contribution is -0.129. The zero-order chi connectivity index (χ0) is 18.7. The Hall–Kier alpha value is -2.34. The van der Waals surface area contributed by atoms with Gasteiger partial charge in [0.2, 0.25) is 5.91 Å². The second kappa shape index (κ2) is 7.91. The number of benzene rings is 2. The minimum absolute atomic E-state index is 0.00604. The maximum atomic E-state index is 13.3. The molecule has 1 atom stereocenters. The fourth-order valence-corrected chi connectivity index (χ4v) is 3.41. The fourth-order valence-electron chi connectivity index (χ4n) is 3.41. The van der Waals surface area contributed by atoms with Crippen molar-refractivity contribution in [2.75, 3.05) is 13.1 Å². The maximum Gasteiger partial charge on any atom is 0.227 e. The number of halogens is 3. The molecule has 0 aromatic heterocycles. The number of aliphatic hydroxyl groups excluding tert-OH is 1. The molecular weight excluding hydrogens is 343 g/mol. The summed E-state index contributed by atoms with van der Waals surface area (Å²) in [5.74, 6) is -4.00. The predicted molar refractivity (Wildman–Crippen MR) is 90.8 cm³/mol. The smallest absolute Gasteiger partial charge is 0.227 e. The van der Waals surface area contributed by atoms with Crippen molar-refractivity contribution in [3.63, 3.8) is 0 Å². The third-order valence-corrected chi connectivity index (χ3v) is 4.74. The molecule has 2 aromatic carbocycles. The number of nitrogens with zero attached hydrogens (tertiary/aromatic N) is 1. The zero-order valence-electron chi connectivity index (χ0n) is 14.2. The maximum absolute atomic E-state index is 13.3. The first kappa shape index (κ1) is 18.5. The molecular formula is C20H20F3NO2. The van der Waals surface area contributed by atoms with Crippen molar-refractivity contribution in [2.24, 2.45) is 5.92 Å². The van der Waals surface area contributed by atoms with Crippen LogP contribution in [0, 0.1) is 23.4 Å². The van der Waals surface area contributed by atoms with Crippen molar-refractivity contribution < 1.29 is 23.1 Å². The van der Waals surface area contributed by atoms with Gasteiger partial charge in [-0.05, 0) is 47.6 Å². The topological polar surface area (TPSA) is 40.5 Å². The number of hydrogen-bond acceptors (Lipinski definition) is 2. The first-order chi connectivity index (χ1) is 12.5. The Morgan fingerprint density at radius 3 is 2.46 bits per heavy atom. The molecule has 0 radical (unpaired) electrons. The van der Waals surface area contributed by atoms with Crippen molar-refractivity contribution in [3.8, 4) is 0 Å². The number of rotatable bonds is 5. The highest BCUT2D eigenvalue weighted by atomic mass is 19.2. The van der Waals surface area contributed by atoms with Crippen LogP contribution in [-0.4, -0.2) is 29.0 Å². The number of carbonyl (C=O) groups is 1. The molecule has 1 N–H and O–H groups in total. The van der Waals surface area contributed by atoms with Crippen LogP contribution >= 0.6 is 0 Å². The number of amides is 1. The summed E-state index contributed by atoms with van der Waals surface area (Å²) in [6, 6.07) is 9.43. The van der Waals surface area contributed by atoms with Crippen molar-refractivity contribution >= 4 is 5.91 Å². The minimum Gasteiger partial charge on any atom is -0.392 e. The third-order valence-electron chi connectivity index (χ3n) is 4.74. The Balaban J connectivity index is 1.58. The summed E-state index contributed by atoms with van der Waals surface area (Å²) in [6.07, 6.45) is 1.50. The lowest BCUT2D eigenvalue weighted by atomic mass is 9.97. The Kier molecular flexibility index (Phi) is 5.61. The van der Waals surface area contributed by atoms with Crippen LogP contribution < -0.4 is 0 Å². The van der Waals surface area contributed by atoms with Crippen LogP contribution in [0.1, 0.15) is 23.1 Å². The molecule has 0 spiro atoms. The van der Waals surface area contributed by atoms with Crippen molar-refractivity contribution in [1.82, 2.24) is 4.90 Å². The number of carbonyl (C=O) groups excluding carboxylic acids is 1. The van der Waals surface area contributed by atoms with Gasteiger partial charge in [0.25, 0.3) is 0 Å². The lowest BCUT2D eigenvalue weighted by Gasteiger charge is -2.17. The van der Waals surface area contributed by atoms with Gasteiger partial charge in [-0.3, -0.25) is 4.79 Å². The SMILES string of the molecule is O=C(Cc1cc(F)c(F)c(F)c1)N1CC[C@H](Cc2cccc(CO)c2)C1. The average molecular weight is 363 g/mol. The molecule has 3 rings (SSSR count). The van der Waals surface area contributed by atoms with E-state index in [1.165, 1.54) is 0 Å². The highest BCUT2D eigenvalue weighted by Gasteiger charge is 2.26. The van der Waals surface area contributed by atoms with Gasteiger partial charge in [-0.2, -0.15) is 0 Å². The van der Waals surface area contributed by atoms with E-state index in [1.807, 2.05) is 24.3 Å². The summed E-state index contributed by atoms with van der Waals surface area (Å²) >= 11 is 0. The number of hydrogen-bond donors (Lipinski definition) is 1. The monoisotopic (exact) mass is 363 g/mol. The molecule has 1 fully saturated rings. The largest absolute Gasteiger partial charge is 0.392 e. The molecule has 1 saturated heterocycles. The van der Waals surface area contributed by atoms with E-state index in [-0.39, 0.29) is 24.5 Å². The molecule has 3 nitrogen and oxygen atoms in total. The summed E-state index contributed by atoms with van der Waals surface area (Å²) in [6.45, 7) is 1.16. The van der Waals surface area contributed by atoms with Crippen LogP contribution in [-0.2, 0) is 24.2 Å². The number of likely N-dealkylation sites (tertiary alicyclic amines) is 1. The van der Waals surface area contributed by atoms with Crippen LogP contribution in [0.15, 0.2) is 36.4 Å². The highest BCUT2D eigenvalue weighted by molar-refractivity contribution is 5.79. The summed E-state index contributed by atoms with van der Waals surface area (Å²) in [4.78, 5) is 14.1. The van der Waals surface area contributed by atoms with Gasteiger partial charge in [0, 0.05) is 13.1 Å². The van der Waals surface area contributed by atoms with Crippen molar-refractivity contribution in [1.29, 1.82) is 0 Å².